The number of hydrogen-bond donors (Lipinski definition) is 1. The number of aliphatic hydroxyl groups is 1. The van der Waals surface area contributed by atoms with E-state index in [1.807, 2.05) is 13.8 Å². The summed E-state index contributed by atoms with van der Waals surface area (Å²) in [7, 11) is 3.41. The van der Waals surface area contributed by atoms with Gasteiger partial charge in [-0.2, -0.15) is 0 Å². The molecule has 7 aliphatic rings. The second-order valence-corrected chi connectivity index (χ2v) is 14.4. The molecule has 3 spiro atoms. The van der Waals surface area contributed by atoms with Crippen LogP contribution in [0.4, 0.5) is 0 Å². The molecule has 0 aromatic rings. The van der Waals surface area contributed by atoms with Gasteiger partial charge in [0, 0.05) is 45.9 Å². The van der Waals surface area contributed by atoms with Crippen molar-refractivity contribution >= 4 is 11.9 Å². The average molecular weight is 578 g/mol. The van der Waals surface area contributed by atoms with Gasteiger partial charge >= 0.3 is 11.9 Å². The summed E-state index contributed by atoms with van der Waals surface area (Å²) < 4.78 is 39.1. The molecular formula is C31H47NO9. The van der Waals surface area contributed by atoms with Crippen LogP contribution in [0.15, 0.2) is 0 Å². The maximum absolute atomic E-state index is 13.7. The third-order valence-corrected chi connectivity index (χ3v) is 13.2. The van der Waals surface area contributed by atoms with Gasteiger partial charge in [0.1, 0.15) is 24.6 Å². The van der Waals surface area contributed by atoms with Crippen molar-refractivity contribution in [3.05, 3.63) is 0 Å². The Morgan fingerprint density at radius 1 is 1.10 bits per heavy atom. The van der Waals surface area contributed by atoms with Crippen LogP contribution in [-0.4, -0.2) is 103 Å². The van der Waals surface area contributed by atoms with Crippen molar-refractivity contribution < 1.29 is 43.1 Å². The van der Waals surface area contributed by atoms with Gasteiger partial charge in [-0.15, -0.1) is 0 Å². The fourth-order valence-corrected chi connectivity index (χ4v) is 12.0. The number of carbonyl (C=O) groups excluding carboxylic acids is 2. The first-order chi connectivity index (χ1) is 19.5. The molecule has 0 aromatic carbocycles. The molecule has 230 valence electrons. The van der Waals surface area contributed by atoms with Gasteiger partial charge in [0.25, 0.3) is 0 Å². The molecule has 7 bridgehead atoms. The lowest BCUT2D eigenvalue weighted by Crippen LogP contribution is -2.85. The molecule has 0 aromatic heterocycles. The van der Waals surface area contributed by atoms with Crippen molar-refractivity contribution in [1.82, 2.24) is 4.90 Å². The molecule has 0 unspecified atom stereocenters. The summed E-state index contributed by atoms with van der Waals surface area (Å²) in [6.45, 7) is 11.3. The highest BCUT2D eigenvalue weighted by atomic mass is 16.7. The number of rotatable bonds is 7. The molecule has 14 atom stereocenters. The van der Waals surface area contributed by atoms with Crippen LogP contribution in [-0.2, 0) is 38.0 Å². The normalized spacial score (nSPS) is 54.9. The Labute approximate surface area is 242 Å². The van der Waals surface area contributed by atoms with Crippen molar-refractivity contribution in [2.45, 2.75) is 114 Å². The molecule has 2 heterocycles. The number of likely N-dealkylation sites (tertiary alicyclic amines) is 1. The highest BCUT2D eigenvalue weighted by molar-refractivity contribution is 5.72. The second-order valence-electron chi connectivity index (χ2n) is 14.4. The Kier molecular flexibility index (Phi) is 6.17. The van der Waals surface area contributed by atoms with Crippen molar-refractivity contribution in [3.8, 4) is 0 Å². The van der Waals surface area contributed by atoms with Crippen LogP contribution in [0, 0.1) is 34.5 Å². The van der Waals surface area contributed by atoms with Crippen molar-refractivity contribution in [2.24, 2.45) is 34.5 Å². The lowest BCUT2D eigenvalue weighted by molar-refractivity contribution is -0.331. The maximum Gasteiger partial charge on any atom is 0.308 e. The number of hydrogen-bond acceptors (Lipinski definition) is 10. The quantitative estimate of drug-likeness (QED) is 0.452. The zero-order chi connectivity index (χ0) is 29.3. The van der Waals surface area contributed by atoms with E-state index in [1.54, 1.807) is 14.2 Å². The first-order valence-electron chi connectivity index (χ1n) is 15.6. The Hall–Kier alpha value is -1.30. The molecule has 5 aliphatic carbocycles. The molecule has 2 aliphatic heterocycles. The molecule has 1 N–H and O–H groups in total. The van der Waals surface area contributed by atoms with E-state index in [4.69, 9.17) is 28.4 Å². The Balaban J connectivity index is 1.54. The first-order valence-corrected chi connectivity index (χ1v) is 15.6. The minimum absolute atomic E-state index is 0.00267. The summed E-state index contributed by atoms with van der Waals surface area (Å²) in [5.41, 5.74) is -4.65. The molecule has 7 fully saturated rings. The number of esters is 2. The fourth-order valence-electron chi connectivity index (χ4n) is 12.0. The summed E-state index contributed by atoms with van der Waals surface area (Å²) in [5.74, 6) is -1.95. The largest absolute Gasteiger partial charge is 0.461 e. The molecule has 7 rings (SSSR count). The molecule has 10 nitrogen and oxygen atoms in total. The van der Waals surface area contributed by atoms with E-state index in [-0.39, 0.29) is 60.2 Å². The summed E-state index contributed by atoms with van der Waals surface area (Å²) in [4.78, 5) is 28.8. The first kappa shape index (κ1) is 28.5. The third-order valence-electron chi connectivity index (χ3n) is 13.2. The van der Waals surface area contributed by atoms with Gasteiger partial charge in [0.2, 0.25) is 0 Å². The minimum atomic E-state index is -1.34. The van der Waals surface area contributed by atoms with Crippen LogP contribution >= 0.6 is 0 Å². The van der Waals surface area contributed by atoms with E-state index in [0.29, 0.717) is 19.3 Å². The van der Waals surface area contributed by atoms with Crippen LogP contribution in [0.3, 0.4) is 0 Å². The average Bonchev–Trinajstić information content (AvgIpc) is 3.48. The van der Waals surface area contributed by atoms with Gasteiger partial charge < -0.3 is 33.5 Å². The standard InChI is InChI=1S/C31H47NO9/c1-8-16(3)25(34)41-21-18-12-28(35)22(21)29(13-19(18)36-6)31(39-15-38-29)24(40-17(4)33)23-27(5)11-10-20(37-7)30(23,28)26(31)32(9-2)14-27/h16,18-24,26,35H,8-15H2,1-7H3/t16-,18+,19-,20-,21-,22-,23+,24-,26-,27-,28-,29+,30+,31+/m0/s1. The lowest BCUT2D eigenvalue weighted by Gasteiger charge is -2.71. The molecule has 0 radical (unpaired) electrons. The highest BCUT2D eigenvalue weighted by Gasteiger charge is 2.98. The number of nitrogens with zero attached hydrogens (tertiary/aromatic N) is 1. The van der Waals surface area contributed by atoms with Crippen LogP contribution in [0.2, 0.25) is 0 Å². The Morgan fingerprint density at radius 2 is 1.85 bits per heavy atom. The molecule has 41 heavy (non-hydrogen) atoms. The number of carbonyl (C=O) groups is 2. The Morgan fingerprint density at radius 3 is 2.49 bits per heavy atom. The predicted octanol–water partition coefficient (Wildman–Crippen LogP) is 2.29. The maximum atomic E-state index is 13.7. The van der Waals surface area contributed by atoms with E-state index in [0.717, 1.165) is 25.9 Å². The van der Waals surface area contributed by atoms with Gasteiger partial charge in [-0.05, 0) is 37.6 Å². The molecular weight excluding hydrogens is 530 g/mol. The number of methoxy groups -OCH3 is 2. The van der Waals surface area contributed by atoms with Gasteiger partial charge in [-0.3, -0.25) is 14.5 Å². The van der Waals surface area contributed by atoms with E-state index in [2.05, 4.69) is 18.7 Å². The number of ether oxygens (including phenoxy) is 6. The number of likely N-dealkylation sites (N-methyl/N-ethyl adjacent to an activating group) is 1. The van der Waals surface area contributed by atoms with Crippen molar-refractivity contribution in [2.75, 3.05) is 34.1 Å². The van der Waals surface area contributed by atoms with E-state index in [9.17, 15) is 14.7 Å². The monoisotopic (exact) mass is 577 g/mol. The topological polar surface area (TPSA) is 113 Å². The lowest BCUT2D eigenvalue weighted by atomic mass is 9.41. The fraction of sp³-hybridized carbons (Fsp3) is 0.935. The van der Waals surface area contributed by atoms with Crippen molar-refractivity contribution in [1.29, 1.82) is 0 Å². The number of fused-ring (bicyclic) bond motifs is 1. The molecule has 2 saturated heterocycles. The van der Waals surface area contributed by atoms with Crippen LogP contribution in [0.25, 0.3) is 0 Å². The molecule has 10 heteroatoms. The van der Waals surface area contributed by atoms with Gasteiger partial charge in [-0.1, -0.05) is 27.7 Å². The zero-order valence-corrected chi connectivity index (χ0v) is 25.5. The highest BCUT2D eigenvalue weighted by Crippen LogP contribution is 2.83. The van der Waals surface area contributed by atoms with E-state index >= 15 is 0 Å². The smallest absolute Gasteiger partial charge is 0.308 e. The van der Waals surface area contributed by atoms with Crippen LogP contribution < -0.4 is 0 Å². The zero-order valence-electron chi connectivity index (χ0n) is 25.5. The van der Waals surface area contributed by atoms with E-state index in [1.165, 1.54) is 6.92 Å². The van der Waals surface area contributed by atoms with Gasteiger partial charge in [-0.25, -0.2) is 0 Å². The third kappa shape index (κ3) is 2.92. The van der Waals surface area contributed by atoms with Gasteiger partial charge in [0.15, 0.2) is 5.60 Å². The molecule has 5 saturated carbocycles. The van der Waals surface area contributed by atoms with Crippen molar-refractivity contribution in [3.63, 3.8) is 0 Å². The number of piperidine rings is 1. The molecule has 0 amide bonds. The summed E-state index contributed by atoms with van der Waals surface area (Å²) >= 11 is 0. The summed E-state index contributed by atoms with van der Waals surface area (Å²) in [6.07, 6.45) is 1.22. The second kappa shape index (κ2) is 8.88. The van der Waals surface area contributed by atoms with Crippen LogP contribution in [0.1, 0.15) is 66.7 Å². The SMILES string of the molecule is CC[C@H](C)C(=O)O[C@H]1[C@@H]2C[C@]3(O)[C@H]1[C@@]1(C[C@@H]2OC)OCO[C@]12[C@H]1N(CC)C[C@]4(C)CC[C@H](OC)[C@@]13[C@@H]4[C@@H]2OC(C)=O. The Bertz CT molecular complexity index is 1130. The van der Waals surface area contributed by atoms with Crippen LogP contribution in [0.5, 0.6) is 0 Å². The minimum Gasteiger partial charge on any atom is -0.461 e. The summed E-state index contributed by atoms with van der Waals surface area (Å²) in [5, 5.41) is 13.7. The summed E-state index contributed by atoms with van der Waals surface area (Å²) in [6, 6.07) is -0.323. The van der Waals surface area contributed by atoms with Gasteiger partial charge in [0.05, 0.1) is 41.1 Å². The predicted molar refractivity (Wildman–Crippen MR) is 144 cm³/mol. The van der Waals surface area contributed by atoms with E-state index < -0.39 is 40.3 Å².